The molecular formula is C23H26N2O5S. The Labute approximate surface area is 185 Å². The highest BCUT2D eigenvalue weighted by Gasteiger charge is 2.17. The van der Waals surface area contributed by atoms with Gasteiger partial charge in [-0.1, -0.05) is 0 Å². The average molecular weight is 443 g/mol. The van der Waals surface area contributed by atoms with Crippen LogP contribution in [0.4, 0.5) is 0 Å². The SMILES string of the molecule is COc1cc(-c2cs/c(=N/C(=O)c3cc(OC)c(OC)c(OC)c3)n2C)cc(C)c1C. The Kier molecular flexibility index (Phi) is 6.70. The zero-order chi connectivity index (χ0) is 22.7. The summed E-state index contributed by atoms with van der Waals surface area (Å²) in [6.07, 6.45) is 0. The van der Waals surface area contributed by atoms with Gasteiger partial charge >= 0.3 is 0 Å². The lowest BCUT2D eigenvalue weighted by molar-refractivity contribution is 0.0997. The van der Waals surface area contributed by atoms with Gasteiger partial charge in [0.2, 0.25) is 5.75 Å². The first-order valence-electron chi connectivity index (χ1n) is 9.53. The highest BCUT2D eigenvalue weighted by molar-refractivity contribution is 7.07. The molecule has 0 aliphatic rings. The molecule has 1 heterocycles. The maximum Gasteiger partial charge on any atom is 0.279 e. The summed E-state index contributed by atoms with van der Waals surface area (Å²) in [5.74, 6) is 1.65. The highest BCUT2D eigenvalue weighted by Crippen LogP contribution is 2.38. The molecule has 0 unspecified atom stereocenters. The number of aromatic nitrogens is 1. The van der Waals surface area contributed by atoms with Crippen molar-refractivity contribution in [3.63, 3.8) is 0 Å². The quantitative estimate of drug-likeness (QED) is 0.574. The number of thiazole rings is 1. The van der Waals surface area contributed by atoms with Crippen LogP contribution in [0.3, 0.4) is 0 Å². The third-order valence-electron chi connectivity index (χ3n) is 5.17. The van der Waals surface area contributed by atoms with Crippen molar-refractivity contribution < 1.29 is 23.7 Å². The first kappa shape index (κ1) is 22.4. The molecule has 1 amide bonds. The molecule has 0 bridgehead atoms. The first-order valence-corrected chi connectivity index (χ1v) is 10.4. The monoisotopic (exact) mass is 442 g/mol. The fraction of sp³-hybridized carbons (Fsp3) is 0.304. The Morgan fingerprint density at radius 2 is 1.52 bits per heavy atom. The minimum atomic E-state index is -0.402. The number of rotatable bonds is 6. The van der Waals surface area contributed by atoms with Gasteiger partial charge in [0.1, 0.15) is 5.75 Å². The Bertz CT molecular complexity index is 1170. The molecule has 0 spiro atoms. The molecule has 164 valence electrons. The Morgan fingerprint density at radius 1 is 0.903 bits per heavy atom. The molecule has 0 radical (unpaired) electrons. The fourth-order valence-electron chi connectivity index (χ4n) is 3.28. The molecule has 8 heteroatoms. The zero-order valence-electron chi connectivity index (χ0n) is 18.7. The average Bonchev–Trinajstić information content (AvgIpc) is 3.14. The standard InChI is InChI=1S/C23H26N2O5S/c1-13-8-15(9-18(27-4)14(13)2)17-12-31-23(25(17)3)24-22(26)16-10-19(28-5)21(30-7)20(11-16)29-6/h8-12H,1-7H3/b24-23+. The van der Waals surface area contributed by atoms with E-state index in [1.165, 1.54) is 32.7 Å². The lowest BCUT2D eigenvalue weighted by Crippen LogP contribution is -2.14. The maximum absolute atomic E-state index is 12.9. The second kappa shape index (κ2) is 9.26. The number of hydrogen-bond acceptors (Lipinski definition) is 6. The molecule has 7 nitrogen and oxygen atoms in total. The predicted molar refractivity (Wildman–Crippen MR) is 121 cm³/mol. The van der Waals surface area contributed by atoms with Gasteiger partial charge in [0.25, 0.3) is 5.91 Å². The summed E-state index contributed by atoms with van der Waals surface area (Å²) >= 11 is 1.39. The zero-order valence-corrected chi connectivity index (χ0v) is 19.5. The number of carbonyl (C=O) groups is 1. The van der Waals surface area contributed by atoms with Crippen LogP contribution in [0.5, 0.6) is 23.0 Å². The van der Waals surface area contributed by atoms with E-state index in [9.17, 15) is 4.79 Å². The summed E-state index contributed by atoms with van der Waals surface area (Å²) in [5, 5.41) is 1.98. The number of benzene rings is 2. The minimum Gasteiger partial charge on any atom is -0.496 e. The van der Waals surface area contributed by atoms with Crippen molar-refractivity contribution >= 4 is 17.2 Å². The van der Waals surface area contributed by atoms with E-state index in [1.807, 2.05) is 36.9 Å². The van der Waals surface area contributed by atoms with E-state index in [-0.39, 0.29) is 0 Å². The van der Waals surface area contributed by atoms with Crippen LogP contribution in [-0.2, 0) is 7.05 Å². The summed E-state index contributed by atoms with van der Waals surface area (Å²) in [4.78, 5) is 17.8. The van der Waals surface area contributed by atoms with E-state index < -0.39 is 5.91 Å². The topological polar surface area (TPSA) is 71.3 Å². The van der Waals surface area contributed by atoms with E-state index in [4.69, 9.17) is 18.9 Å². The summed E-state index contributed by atoms with van der Waals surface area (Å²) in [6, 6.07) is 7.28. The third kappa shape index (κ3) is 4.29. The molecule has 0 N–H and O–H groups in total. The predicted octanol–water partition coefficient (Wildman–Crippen LogP) is 4.15. The van der Waals surface area contributed by atoms with Crippen LogP contribution in [0.15, 0.2) is 34.6 Å². The summed E-state index contributed by atoms with van der Waals surface area (Å²) in [6.45, 7) is 4.08. The smallest absolute Gasteiger partial charge is 0.279 e. The van der Waals surface area contributed by atoms with Gasteiger partial charge in [-0.2, -0.15) is 4.99 Å². The molecule has 2 aromatic carbocycles. The van der Waals surface area contributed by atoms with Crippen molar-refractivity contribution in [1.82, 2.24) is 4.57 Å². The number of ether oxygens (including phenoxy) is 4. The lowest BCUT2D eigenvalue weighted by atomic mass is 10.0. The van der Waals surface area contributed by atoms with Crippen LogP contribution in [-0.4, -0.2) is 38.9 Å². The molecule has 0 saturated heterocycles. The number of aryl methyl sites for hydroxylation is 1. The van der Waals surface area contributed by atoms with Crippen molar-refractivity contribution in [3.05, 3.63) is 51.1 Å². The molecule has 0 aliphatic carbocycles. The van der Waals surface area contributed by atoms with E-state index >= 15 is 0 Å². The van der Waals surface area contributed by atoms with E-state index in [0.29, 0.717) is 27.6 Å². The molecule has 0 fully saturated rings. The molecule has 31 heavy (non-hydrogen) atoms. The second-order valence-electron chi connectivity index (χ2n) is 6.91. The Hall–Kier alpha value is -3.26. The fourth-order valence-corrected chi connectivity index (χ4v) is 4.18. The second-order valence-corrected chi connectivity index (χ2v) is 7.75. The Balaban J connectivity index is 2.04. The van der Waals surface area contributed by atoms with Gasteiger partial charge in [-0.3, -0.25) is 4.79 Å². The molecule has 1 aromatic heterocycles. The summed E-state index contributed by atoms with van der Waals surface area (Å²) in [5.41, 5.74) is 4.53. The lowest BCUT2D eigenvalue weighted by Gasteiger charge is -2.13. The molecular weight excluding hydrogens is 416 g/mol. The van der Waals surface area contributed by atoms with Crippen LogP contribution in [0.2, 0.25) is 0 Å². The van der Waals surface area contributed by atoms with Crippen molar-refractivity contribution in [1.29, 1.82) is 0 Å². The first-order chi connectivity index (χ1) is 14.8. The summed E-state index contributed by atoms with van der Waals surface area (Å²) in [7, 11) is 8.07. The summed E-state index contributed by atoms with van der Waals surface area (Å²) < 4.78 is 23.4. The van der Waals surface area contributed by atoms with Gasteiger partial charge < -0.3 is 23.5 Å². The van der Waals surface area contributed by atoms with Crippen LogP contribution in [0.25, 0.3) is 11.3 Å². The van der Waals surface area contributed by atoms with E-state index in [1.54, 1.807) is 19.2 Å². The van der Waals surface area contributed by atoms with Gasteiger partial charge in [-0.15, -0.1) is 11.3 Å². The van der Waals surface area contributed by atoms with Crippen LogP contribution in [0.1, 0.15) is 21.5 Å². The maximum atomic E-state index is 12.9. The van der Waals surface area contributed by atoms with Gasteiger partial charge in [0, 0.05) is 23.6 Å². The minimum absolute atomic E-state index is 0.345. The number of methoxy groups -OCH3 is 4. The van der Waals surface area contributed by atoms with Crippen LogP contribution in [0, 0.1) is 13.8 Å². The van der Waals surface area contributed by atoms with Gasteiger partial charge in [0.15, 0.2) is 16.3 Å². The molecule has 0 saturated carbocycles. The molecule has 0 aliphatic heterocycles. The molecule has 3 aromatic rings. The Morgan fingerprint density at radius 3 is 2.06 bits per heavy atom. The van der Waals surface area contributed by atoms with E-state index in [2.05, 4.69) is 11.1 Å². The van der Waals surface area contributed by atoms with Crippen molar-refractivity contribution in [3.8, 4) is 34.3 Å². The number of amides is 1. The largest absolute Gasteiger partial charge is 0.496 e. The van der Waals surface area contributed by atoms with E-state index in [0.717, 1.165) is 28.1 Å². The van der Waals surface area contributed by atoms with Crippen molar-refractivity contribution in [2.75, 3.05) is 28.4 Å². The van der Waals surface area contributed by atoms with Gasteiger partial charge in [0.05, 0.1) is 34.1 Å². The third-order valence-corrected chi connectivity index (χ3v) is 6.09. The highest BCUT2D eigenvalue weighted by atomic mass is 32.1. The molecule has 0 atom stereocenters. The van der Waals surface area contributed by atoms with Crippen LogP contribution < -0.4 is 23.7 Å². The van der Waals surface area contributed by atoms with Crippen molar-refractivity contribution in [2.45, 2.75) is 13.8 Å². The number of hydrogen-bond donors (Lipinski definition) is 0. The number of nitrogens with zero attached hydrogens (tertiary/aromatic N) is 2. The normalized spacial score (nSPS) is 11.4. The van der Waals surface area contributed by atoms with Gasteiger partial charge in [-0.25, -0.2) is 0 Å². The number of carbonyl (C=O) groups excluding carboxylic acids is 1. The molecule has 3 rings (SSSR count). The van der Waals surface area contributed by atoms with Crippen LogP contribution >= 0.6 is 11.3 Å². The van der Waals surface area contributed by atoms with Gasteiger partial charge in [-0.05, 0) is 49.2 Å². The van der Waals surface area contributed by atoms with Crippen molar-refractivity contribution in [2.24, 2.45) is 12.0 Å².